The molecule has 1 aliphatic carbocycles. The first-order chi connectivity index (χ1) is 23.3. The summed E-state index contributed by atoms with van der Waals surface area (Å²) in [7, 11) is 0. The molecule has 1 unspecified atom stereocenters. The van der Waals surface area contributed by atoms with Gasteiger partial charge in [-0.3, -0.25) is 34.5 Å². The van der Waals surface area contributed by atoms with Crippen molar-refractivity contribution in [2.24, 2.45) is 0 Å². The first-order valence-electron chi connectivity index (χ1n) is 17.4. The monoisotopic (exact) mass is 652 g/mol. The molecule has 0 radical (unpaired) electrons. The van der Waals surface area contributed by atoms with Gasteiger partial charge in [-0.15, -0.1) is 0 Å². The molecule has 4 amide bonds. The third kappa shape index (κ3) is 7.07. The van der Waals surface area contributed by atoms with Crippen LogP contribution >= 0.6 is 0 Å². The van der Waals surface area contributed by atoms with E-state index < -0.39 is 6.04 Å². The van der Waals surface area contributed by atoms with Crippen molar-refractivity contribution in [3.05, 3.63) is 82.0 Å². The van der Waals surface area contributed by atoms with Crippen LogP contribution in [0.5, 0.6) is 0 Å². The molecule has 11 heteroatoms. The Bertz CT molecular complexity index is 1680. The van der Waals surface area contributed by atoms with Gasteiger partial charge in [0.2, 0.25) is 17.7 Å². The Kier molecular flexibility index (Phi) is 9.41. The van der Waals surface area contributed by atoms with Crippen LogP contribution in [0.1, 0.15) is 102 Å². The van der Waals surface area contributed by atoms with E-state index in [0.29, 0.717) is 48.7 Å². The Balaban J connectivity index is 0.864. The van der Waals surface area contributed by atoms with E-state index in [-0.39, 0.29) is 30.0 Å². The number of ether oxygens (including phenoxy) is 1. The number of imide groups is 1. The molecule has 3 aromatic rings. The molecule has 1 saturated carbocycles. The number of carbonyl (C=O) groups excluding carboxylic acids is 4. The van der Waals surface area contributed by atoms with E-state index in [4.69, 9.17) is 4.74 Å². The van der Waals surface area contributed by atoms with Gasteiger partial charge in [0.15, 0.2) is 5.82 Å². The van der Waals surface area contributed by atoms with Crippen LogP contribution in [0.25, 0.3) is 0 Å². The lowest BCUT2D eigenvalue weighted by molar-refractivity contribution is -0.137. The number of aromatic nitrogens is 2. The maximum absolute atomic E-state index is 13.1. The number of anilines is 1. The number of benzene rings is 2. The topological polar surface area (TPSA) is 137 Å². The van der Waals surface area contributed by atoms with E-state index in [1.165, 1.54) is 11.1 Å². The van der Waals surface area contributed by atoms with Gasteiger partial charge in [-0.25, -0.2) is 0 Å². The van der Waals surface area contributed by atoms with Gasteiger partial charge in [0.25, 0.3) is 5.91 Å². The molecule has 252 valence electrons. The Morgan fingerprint density at radius 2 is 1.75 bits per heavy atom. The summed E-state index contributed by atoms with van der Waals surface area (Å²) in [5.74, 6) is 0.512. The number of carbonyl (C=O) groups is 4. The predicted octanol–water partition coefficient (Wildman–Crippen LogP) is 4.40. The number of aromatic amines is 1. The molecule has 3 atom stereocenters. The first-order valence-corrected chi connectivity index (χ1v) is 17.4. The molecular formula is C37H44N6O5. The molecule has 3 N–H and O–H groups in total. The minimum Gasteiger partial charge on any atom is -0.378 e. The van der Waals surface area contributed by atoms with E-state index in [1.54, 1.807) is 4.90 Å². The lowest BCUT2D eigenvalue weighted by atomic mass is 9.87. The molecule has 11 nitrogen and oxygen atoms in total. The lowest BCUT2D eigenvalue weighted by Crippen LogP contribution is -2.52. The standard InChI is InChI=1S/C37H44N6O5/c1-2-48-29-9-7-27(19-29)31-20-33(41-40-31)38-35(45)17-23-3-5-24(6-4-23)21-42-15-13-25(14-16-42)26-8-10-30-28(18-26)22-43(37(30)47)32-11-12-34(44)39-36(32)46/h3-6,8,10,18,20,25,27,29,32H,2,7,9,11-17,19,21-22H2,1H3,(H,39,44,46)(H2,38,40,41,45)/t27-,29+,32?/m0/s1. The van der Waals surface area contributed by atoms with Crippen molar-refractivity contribution in [3.63, 3.8) is 0 Å². The van der Waals surface area contributed by atoms with Crippen LogP contribution in [-0.4, -0.2) is 75.5 Å². The van der Waals surface area contributed by atoms with Gasteiger partial charge in [0.05, 0.1) is 12.5 Å². The highest BCUT2D eigenvalue weighted by atomic mass is 16.5. The third-order valence-corrected chi connectivity index (χ3v) is 10.5. The molecule has 0 spiro atoms. The third-order valence-electron chi connectivity index (χ3n) is 10.5. The fraction of sp³-hybridized carbons (Fsp3) is 0.486. The fourth-order valence-electron chi connectivity index (χ4n) is 7.89. The highest BCUT2D eigenvalue weighted by molar-refractivity contribution is 6.05. The second-order valence-electron chi connectivity index (χ2n) is 13.7. The molecular weight excluding hydrogens is 608 g/mol. The highest BCUT2D eigenvalue weighted by Gasteiger charge is 2.39. The average Bonchev–Trinajstić information content (AvgIpc) is 3.82. The summed E-state index contributed by atoms with van der Waals surface area (Å²) in [6, 6.07) is 15.8. The van der Waals surface area contributed by atoms with Crippen molar-refractivity contribution in [2.75, 3.05) is 25.0 Å². The number of H-pyrrole nitrogens is 1. The summed E-state index contributed by atoms with van der Waals surface area (Å²) in [6.45, 7) is 5.99. The van der Waals surface area contributed by atoms with Crippen LogP contribution in [0.2, 0.25) is 0 Å². The number of nitrogens with zero attached hydrogens (tertiary/aromatic N) is 3. The maximum Gasteiger partial charge on any atom is 0.255 e. The van der Waals surface area contributed by atoms with Crippen LogP contribution in [0.3, 0.4) is 0 Å². The van der Waals surface area contributed by atoms with Gasteiger partial charge in [0, 0.05) is 49.4 Å². The second-order valence-corrected chi connectivity index (χ2v) is 13.7. The van der Waals surface area contributed by atoms with Crippen molar-refractivity contribution in [2.45, 2.75) is 95.4 Å². The van der Waals surface area contributed by atoms with Crippen LogP contribution < -0.4 is 10.6 Å². The van der Waals surface area contributed by atoms with E-state index in [1.807, 2.05) is 31.2 Å². The minimum absolute atomic E-state index is 0.0823. The number of hydrogen-bond donors (Lipinski definition) is 3. The molecule has 2 saturated heterocycles. The predicted molar refractivity (Wildman–Crippen MR) is 179 cm³/mol. The Morgan fingerprint density at radius 1 is 0.958 bits per heavy atom. The fourth-order valence-corrected chi connectivity index (χ4v) is 7.89. The van der Waals surface area contributed by atoms with Crippen molar-refractivity contribution < 1.29 is 23.9 Å². The smallest absolute Gasteiger partial charge is 0.255 e. The Hall–Kier alpha value is -4.35. The van der Waals surface area contributed by atoms with Gasteiger partial charge in [-0.2, -0.15) is 5.10 Å². The quantitative estimate of drug-likeness (QED) is 0.276. The van der Waals surface area contributed by atoms with E-state index >= 15 is 0 Å². The zero-order valence-electron chi connectivity index (χ0n) is 27.5. The van der Waals surface area contributed by atoms with Crippen LogP contribution in [0.4, 0.5) is 5.82 Å². The van der Waals surface area contributed by atoms with Crippen LogP contribution in [0, 0.1) is 0 Å². The summed E-state index contributed by atoms with van der Waals surface area (Å²) in [5.41, 5.74) is 6.12. The lowest BCUT2D eigenvalue weighted by Gasteiger charge is -2.32. The maximum atomic E-state index is 13.1. The van der Waals surface area contributed by atoms with E-state index in [0.717, 1.165) is 75.2 Å². The first kappa shape index (κ1) is 32.2. The SMILES string of the molecule is CCO[C@@H]1CC[C@H](c2cc(NC(=O)Cc3ccc(CN4CCC(c5ccc6c(c5)CN(C5CCC(=O)NC5=O)C6=O)CC4)cc3)n[nH]2)C1. The second kappa shape index (κ2) is 14.0. The van der Waals surface area contributed by atoms with Crippen molar-refractivity contribution in [3.8, 4) is 0 Å². The molecule has 2 aromatic carbocycles. The van der Waals surface area contributed by atoms with E-state index in [9.17, 15) is 19.2 Å². The highest BCUT2D eigenvalue weighted by Crippen LogP contribution is 2.36. The number of rotatable bonds is 10. The van der Waals surface area contributed by atoms with Crippen molar-refractivity contribution >= 4 is 29.4 Å². The number of fused-ring (bicyclic) bond motifs is 1. The molecule has 4 heterocycles. The van der Waals surface area contributed by atoms with Crippen molar-refractivity contribution in [1.29, 1.82) is 0 Å². The van der Waals surface area contributed by atoms with Gasteiger partial charge in [-0.1, -0.05) is 36.4 Å². The summed E-state index contributed by atoms with van der Waals surface area (Å²) in [5, 5.41) is 12.7. The summed E-state index contributed by atoms with van der Waals surface area (Å²) < 4.78 is 5.77. The molecule has 0 bridgehead atoms. The number of piperidine rings is 2. The summed E-state index contributed by atoms with van der Waals surface area (Å²) >= 11 is 0. The molecule has 3 fully saturated rings. The average molecular weight is 653 g/mol. The van der Waals surface area contributed by atoms with Crippen LogP contribution in [-0.2, 0) is 38.6 Å². The number of likely N-dealkylation sites (tertiary alicyclic amines) is 1. The molecule has 4 aliphatic rings. The number of nitrogens with one attached hydrogen (secondary N) is 3. The van der Waals surface area contributed by atoms with Gasteiger partial charge >= 0.3 is 0 Å². The van der Waals surface area contributed by atoms with Gasteiger partial charge in [0.1, 0.15) is 6.04 Å². The molecule has 3 aliphatic heterocycles. The zero-order valence-corrected chi connectivity index (χ0v) is 27.5. The Labute approximate surface area is 280 Å². The summed E-state index contributed by atoms with van der Waals surface area (Å²) in [6.07, 6.45) is 6.41. The van der Waals surface area contributed by atoms with E-state index in [2.05, 4.69) is 50.0 Å². The van der Waals surface area contributed by atoms with Gasteiger partial charge < -0.3 is 15.0 Å². The zero-order chi connectivity index (χ0) is 33.2. The van der Waals surface area contributed by atoms with Crippen molar-refractivity contribution in [1.82, 2.24) is 25.3 Å². The van der Waals surface area contributed by atoms with Crippen LogP contribution in [0.15, 0.2) is 48.5 Å². The Morgan fingerprint density at radius 3 is 2.52 bits per heavy atom. The molecule has 1 aromatic heterocycles. The molecule has 48 heavy (non-hydrogen) atoms. The normalized spacial score (nSPS) is 23.4. The molecule has 7 rings (SSSR count). The minimum atomic E-state index is -0.591. The van der Waals surface area contributed by atoms with Gasteiger partial charge in [-0.05, 0) is 92.8 Å². The number of hydrogen-bond acceptors (Lipinski definition) is 7. The largest absolute Gasteiger partial charge is 0.378 e. The number of amides is 4. The summed E-state index contributed by atoms with van der Waals surface area (Å²) in [4.78, 5) is 53.9.